The molecule has 2 aliphatic rings. The van der Waals surface area contributed by atoms with E-state index in [-0.39, 0.29) is 12.1 Å². The normalized spacial score (nSPS) is 25.2. The van der Waals surface area contributed by atoms with Crippen LogP contribution < -0.4 is 19.7 Å². The second-order valence-corrected chi connectivity index (χ2v) is 5.95. The van der Waals surface area contributed by atoms with Gasteiger partial charge < -0.3 is 14.8 Å². The van der Waals surface area contributed by atoms with Gasteiger partial charge in [-0.3, -0.25) is 4.90 Å². The molecule has 23 heavy (non-hydrogen) atoms. The third kappa shape index (κ3) is 1.89. The highest BCUT2D eigenvalue weighted by Crippen LogP contribution is 2.48. The molecule has 0 aromatic heterocycles. The summed E-state index contributed by atoms with van der Waals surface area (Å²) >= 11 is 0. The maximum atomic E-state index is 12.4. The van der Waals surface area contributed by atoms with E-state index in [0.717, 1.165) is 17.0 Å². The van der Waals surface area contributed by atoms with Crippen molar-refractivity contribution < 1.29 is 14.3 Å². The van der Waals surface area contributed by atoms with E-state index >= 15 is 0 Å². The molecule has 2 atom stereocenters. The number of methoxy groups -OCH3 is 1. The van der Waals surface area contributed by atoms with Crippen LogP contribution >= 0.6 is 0 Å². The lowest BCUT2D eigenvalue weighted by molar-refractivity contribution is 0.0504. The van der Waals surface area contributed by atoms with Crippen molar-refractivity contribution in [3.63, 3.8) is 0 Å². The van der Waals surface area contributed by atoms with Gasteiger partial charge in [-0.15, -0.1) is 0 Å². The highest BCUT2D eigenvalue weighted by molar-refractivity contribution is 5.97. The van der Waals surface area contributed by atoms with Crippen LogP contribution in [0.5, 0.6) is 11.5 Å². The summed E-state index contributed by atoms with van der Waals surface area (Å²) in [6.45, 7) is 2.54. The highest BCUT2D eigenvalue weighted by atomic mass is 16.5. The van der Waals surface area contributed by atoms with Crippen LogP contribution in [0, 0.1) is 0 Å². The van der Waals surface area contributed by atoms with Gasteiger partial charge in [-0.25, -0.2) is 4.79 Å². The van der Waals surface area contributed by atoms with Gasteiger partial charge in [0.2, 0.25) is 0 Å². The van der Waals surface area contributed by atoms with Crippen molar-refractivity contribution in [3.05, 3.63) is 54.1 Å². The second kappa shape index (κ2) is 4.91. The van der Waals surface area contributed by atoms with Gasteiger partial charge in [0.25, 0.3) is 0 Å². The molecule has 1 saturated heterocycles. The molecule has 0 spiro atoms. The lowest BCUT2D eigenvalue weighted by Crippen LogP contribution is -2.54. The summed E-state index contributed by atoms with van der Waals surface area (Å²) in [5, 5.41) is 2.93. The number of fused-ring (bicyclic) bond motifs is 3. The first-order valence-electron chi connectivity index (χ1n) is 7.64. The average Bonchev–Trinajstić information content (AvgIpc) is 2.98. The summed E-state index contributed by atoms with van der Waals surface area (Å²) in [5.41, 5.74) is 1.04. The molecule has 2 unspecified atom stereocenters. The Bertz CT molecular complexity index is 776. The zero-order valence-corrected chi connectivity index (χ0v) is 13.1. The molecule has 118 valence electrons. The second-order valence-electron chi connectivity index (χ2n) is 5.95. The van der Waals surface area contributed by atoms with Crippen LogP contribution in [0.15, 0.2) is 48.5 Å². The lowest BCUT2D eigenvalue weighted by Gasteiger charge is -2.45. The van der Waals surface area contributed by atoms with Gasteiger partial charge in [0.1, 0.15) is 17.5 Å². The molecule has 2 aromatic rings. The number of urea groups is 1. The van der Waals surface area contributed by atoms with E-state index in [1.807, 2.05) is 55.5 Å². The Morgan fingerprint density at radius 1 is 1.22 bits per heavy atom. The first kappa shape index (κ1) is 13.9. The van der Waals surface area contributed by atoms with E-state index < -0.39 is 5.60 Å². The molecule has 4 rings (SSSR count). The number of anilines is 1. The van der Waals surface area contributed by atoms with Gasteiger partial charge in [0.15, 0.2) is 5.60 Å². The van der Waals surface area contributed by atoms with Crippen molar-refractivity contribution in [2.45, 2.75) is 18.6 Å². The van der Waals surface area contributed by atoms with Gasteiger partial charge in [-0.1, -0.05) is 30.3 Å². The molecule has 0 saturated carbocycles. The van der Waals surface area contributed by atoms with Gasteiger partial charge >= 0.3 is 6.03 Å². The van der Waals surface area contributed by atoms with Crippen molar-refractivity contribution in [1.82, 2.24) is 5.32 Å². The largest absolute Gasteiger partial charge is 0.496 e. The number of hydrogen-bond donors (Lipinski definition) is 1. The average molecular weight is 310 g/mol. The van der Waals surface area contributed by atoms with Crippen LogP contribution in [-0.4, -0.2) is 25.7 Å². The molecule has 0 radical (unpaired) electrons. The topological polar surface area (TPSA) is 50.8 Å². The molecule has 1 N–H and O–H groups in total. The van der Waals surface area contributed by atoms with Gasteiger partial charge in [0, 0.05) is 12.1 Å². The number of carbonyl (C=O) groups is 1. The number of amides is 2. The van der Waals surface area contributed by atoms with Crippen LogP contribution in [0.4, 0.5) is 10.5 Å². The maximum Gasteiger partial charge on any atom is 0.322 e. The summed E-state index contributed by atoms with van der Waals surface area (Å²) in [6, 6.07) is 15.2. The minimum atomic E-state index is -0.694. The molecule has 0 bridgehead atoms. The Morgan fingerprint density at radius 2 is 1.96 bits per heavy atom. The highest BCUT2D eigenvalue weighted by Gasteiger charge is 2.52. The zero-order valence-electron chi connectivity index (χ0n) is 13.1. The van der Waals surface area contributed by atoms with Crippen molar-refractivity contribution in [1.29, 1.82) is 0 Å². The fraction of sp³-hybridized carbons (Fsp3) is 0.278. The Balaban J connectivity index is 1.91. The Hall–Kier alpha value is -2.69. The molecule has 0 aliphatic carbocycles. The monoisotopic (exact) mass is 310 g/mol. The van der Waals surface area contributed by atoms with Crippen LogP contribution in [0.2, 0.25) is 0 Å². The standard InChI is InChI=1S/C18H18N2O3/c1-18(12-7-3-5-9-14(12)22-2)16-11-19-17(21)20(16)13-8-4-6-10-15(13)23-18/h3-10,16H,11H2,1-2H3,(H,19,21). The van der Waals surface area contributed by atoms with Crippen LogP contribution in [0.3, 0.4) is 0 Å². The zero-order chi connectivity index (χ0) is 16.0. The number of hydrogen-bond acceptors (Lipinski definition) is 3. The van der Waals surface area contributed by atoms with E-state index in [2.05, 4.69) is 5.32 Å². The number of nitrogens with zero attached hydrogens (tertiary/aromatic N) is 1. The van der Waals surface area contributed by atoms with Gasteiger partial charge in [-0.05, 0) is 25.1 Å². The van der Waals surface area contributed by atoms with Gasteiger partial charge in [0.05, 0.1) is 12.8 Å². The van der Waals surface area contributed by atoms with Crippen LogP contribution in [0.25, 0.3) is 0 Å². The summed E-state index contributed by atoms with van der Waals surface area (Å²) < 4.78 is 11.9. The summed E-state index contributed by atoms with van der Waals surface area (Å²) in [4.78, 5) is 14.2. The first-order chi connectivity index (χ1) is 11.1. The molecule has 1 fully saturated rings. The van der Waals surface area contributed by atoms with Gasteiger partial charge in [-0.2, -0.15) is 0 Å². The lowest BCUT2D eigenvalue weighted by atomic mass is 9.85. The Morgan fingerprint density at radius 3 is 2.78 bits per heavy atom. The number of rotatable bonds is 2. The molecular weight excluding hydrogens is 292 g/mol. The number of carbonyl (C=O) groups excluding carboxylic acids is 1. The van der Waals surface area contributed by atoms with Crippen molar-refractivity contribution >= 4 is 11.7 Å². The predicted molar refractivity (Wildman–Crippen MR) is 87.1 cm³/mol. The quantitative estimate of drug-likeness (QED) is 0.928. The van der Waals surface area contributed by atoms with E-state index in [9.17, 15) is 4.79 Å². The minimum Gasteiger partial charge on any atom is -0.496 e. The fourth-order valence-corrected chi connectivity index (χ4v) is 3.55. The Labute approximate surface area is 134 Å². The smallest absolute Gasteiger partial charge is 0.322 e. The molecular formula is C18H18N2O3. The molecule has 5 heteroatoms. The van der Waals surface area contributed by atoms with E-state index in [1.165, 1.54) is 0 Å². The minimum absolute atomic E-state index is 0.0909. The molecule has 2 heterocycles. The Kier molecular flexibility index (Phi) is 2.98. The number of para-hydroxylation sites is 3. The van der Waals surface area contributed by atoms with Crippen molar-refractivity contribution in [3.8, 4) is 11.5 Å². The van der Waals surface area contributed by atoms with Crippen molar-refractivity contribution in [2.24, 2.45) is 0 Å². The fourth-order valence-electron chi connectivity index (χ4n) is 3.55. The summed E-state index contributed by atoms with van der Waals surface area (Å²) in [7, 11) is 1.65. The molecule has 2 aromatic carbocycles. The summed E-state index contributed by atoms with van der Waals surface area (Å²) in [6.07, 6.45) is 0. The number of ether oxygens (including phenoxy) is 2. The third-order valence-corrected chi connectivity index (χ3v) is 4.70. The van der Waals surface area contributed by atoms with Crippen LogP contribution in [-0.2, 0) is 5.60 Å². The molecule has 5 nitrogen and oxygen atoms in total. The number of nitrogens with one attached hydrogen (secondary N) is 1. The van der Waals surface area contributed by atoms with E-state index in [4.69, 9.17) is 9.47 Å². The predicted octanol–water partition coefficient (Wildman–Crippen LogP) is 2.90. The third-order valence-electron chi connectivity index (χ3n) is 4.70. The van der Waals surface area contributed by atoms with Crippen LogP contribution in [0.1, 0.15) is 12.5 Å². The molecule has 2 amide bonds. The summed E-state index contributed by atoms with van der Waals surface area (Å²) in [5.74, 6) is 1.46. The maximum absolute atomic E-state index is 12.4. The molecule has 2 aliphatic heterocycles. The number of benzene rings is 2. The first-order valence-corrected chi connectivity index (χ1v) is 7.64. The van der Waals surface area contributed by atoms with E-state index in [1.54, 1.807) is 12.0 Å². The van der Waals surface area contributed by atoms with E-state index in [0.29, 0.717) is 12.3 Å². The SMILES string of the molecule is COc1ccccc1C1(C)Oc2ccccc2N2C(=O)NCC21. The van der Waals surface area contributed by atoms with Crippen molar-refractivity contribution in [2.75, 3.05) is 18.6 Å².